The smallest absolute Gasteiger partial charge is 0.248 e. The molecule has 6 heteroatoms. The van der Waals surface area contributed by atoms with Crippen LogP contribution in [-0.4, -0.2) is 17.0 Å². The van der Waals surface area contributed by atoms with Crippen LogP contribution in [0.3, 0.4) is 0 Å². The average molecular weight is 243 g/mol. The number of nitrogens with zero attached hydrogens (tertiary/aromatic N) is 1. The molecule has 0 aliphatic carbocycles. The molecule has 1 heterocycles. The summed E-state index contributed by atoms with van der Waals surface area (Å²) >= 11 is 16.9. The van der Waals surface area contributed by atoms with Gasteiger partial charge in [0.25, 0.3) is 0 Å². The van der Waals surface area contributed by atoms with E-state index >= 15 is 0 Å². The number of alkyl halides is 3. The van der Waals surface area contributed by atoms with Crippen molar-refractivity contribution in [1.29, 1.82) is 0 Å². The average Bonchev–Trinajstić information content (AvgIpc) is 2.50. The number of nitrogens with one attached hydrogen (secondary N) is 2. The number of hydrogen-bond acceptors (Lipinski definition) is 2. The van der Waals surface area contributed by atoms with Crippen molar-refractivity contribution in [3.8, 4) is 0 Å². The summed E-state index contributed by atoms with van der Waals surface area (Å²) in [6, 6.07) is 0.161. The van der Waals surface area contributed by atoms with E-state index in [-0.39, 0.29) is 6.04 Å². The lowest BCUT2D eigenvalue weighted by Gasteiger charge is -2.08. The first-order valence-corrected chi connectivity index (χ1v) is 4.88. The molecule has 3 nitrogen and oxygen atoms in total. The zero-order valence-electron chi connectivity index (χ0n) is 7.24. The minimum atomic E-state index is -1.48. The third kappa shape index (κ3) is 2.74. The monoisotopic (exact) mass is 241 g/mol. The second kappa shape index (κ2) is 4.05. The summed E-state index contributed by atoms with van der Waals surface area (Å²) in [5, 5.41) is 3.05. The Bertz CT molecular complexity index is 279. The predicted octanol–water partition coefficient (Wildman–Crippen LogP) is 2.52. The molecule has 0 aromatic carbocycles. The van der Waals surface area contributed by atoms with E-state index in [2.05, 4.69) is 15.3 Å². The molecule has 0 radical (unpaired) electrons. The third-order valence-electron chi connectivity index (χ3n) is 1.76. The van der Waals surface area contributed by atoms with Gasteiger partial charge in [-0.25, -0.2) is 4.98 Å². The van der Waals surface area contributed by atoms with Crippen molar-refractivity contribution < 1.29 is 0 Å². The van der Waals surface area contributed by atoms with Gasteiger partial charge in [0.05, 0.1) is 11.9 Å². The highest BCUT2D eigenvalue weighted by Crippen LogP contribution is 2.36. The van der Waals surface area contributed by atoms with E-state index in [0.29, 0.717) is 5.82 Å². The number of rotatable bonds is 2. The van der Waals surface area contributed by atoms with Crippen molar-refractivity contribution >= 4 is 34.8 Å². The molecule has 74 valence electrons. The first kappa shape index (κ1) is 11.1. The van der Waals surface area contributed by atoms with Gasteiger partial charge in [-0.05, 0) is 14.0 Å². The van der Waals surface area contributed by atoms with Crippen molar-refractivity contribution in [2.24, 2.45) is 0 Å². The Morgan fingerprint density at radius 3 is 2.54 bits per heavy atom. The number of aromatic amines is 1. The van der Waals surface area contributed by atoms with Gasteiger partial charge in [-0.2, -0.15) is 0 Å². The van der Waals surface area contributed by atoms with Crippen LogP contribution in [0.1, 0.15) is 24.5 Å². The van der Waals surface area contributed by atoms with Gasteiger partial charge in [0.15, 0.2) is 5.82 Å². The number of imidazole rings is 1. The molecule has 1 atom stereocenters. The van der Waals surface area contributed by atoms with Crippen molar-refractivity contribution in [3.63, 3.8) is 0 Å². The van der Waals surface area contributed by atoms with E-state index < -0.39 is 3.79 Å². The van der Waals surface area contributed by atoms with Gasteiger partial charge < -0.3 is 10.3 Å². The molecule has 0 spiro atoms. The molecule has 0 aliphatic heterocycles. The Morgan fingerprint density at radius 2 is 2.15 bits per heavy atom. The second-order valence-corrected chi connectivity index (χ2v) is 4.98. The lowest BCUT2D eigenvalue weighted by molar-refractivity contribution is 0.635. The molecule has 0 aliphatic rings. The summed E-state index contributed by atoms with van der Waals surface area (Å²) in [5.41, 5.74) is 0.892. The van der Waals surface area contributed by atoms with Crippen molar-refractivity contribution in [2.75, 3.05) is 7.05 Å². The lowest BCUT2D eigenvalue weighted by atomic mass is 10.3. The minimum absolute atomic E-state index is 0.161. The molecule has 0 saturated heterocycles. The molecule has 0 amide bonds. The summed E-state index contributed by atoms with van der Waals surface area (Å²) in [4.78, 5) is 6.90. The minimum Gasteiger partial charge on any atom is -0.341 e. The van der Waals surface area contributed by atoms with Crippen LogP contribution in [0.5, 0.6) is 0 Å². The fraction of sp³-hybridized carbons (Fsp3) is 0.571. The second-order valence-electron chi connectivity index (χ2n) is 2.70. The highest BCUT2D eigenvalue weighted by molar-refractivity contribution is 6.66. The largest absolute Gasteiger partial charge is 0.341 e. The summed E-state index contributed by atoms with van der Waals surface area (Å²) in [5.74, 6) is 0.342. The summed E-state index contributed by atoms with van der Waals surface area (Å²) in [7, 11) is 1.85. The summed E-state index contributed by atoms with van der Waals surface area (Å²) in [6.07, 6.45) is 1.65. The van der Waals surface area contributed by atoms with E-state index in [1.807, 2.05) is 14.0 Å². The van der Waals surface area contributed by atoms with Gasteiger partial charge in [0.2, 0.25) is 3.79 Å². The molecular weight excluding hydrogens is 232 g/mol. The molecule has 0 fully saturated rings. The number of halogens is 3. The van der Waals surface area contributed by atoms with Crippen LogP contribution in [0.15, 0.2) is 6.20 Å². The molecule has 2 N–H and O–H groups in total. The molecule has 0 bridgehead atoms. The van der Waals surface area contributed by atoms with E-state index in [1.165, 1.54) is 0 Å². The number of aromatic nitrogens is 2. The highest BCUT2D eigenvalue weighted by Gasteiger charge is 2.26. The Balaban J connectivity index is 2.87. The Labute approximate surface area is 91.8 Å². The molecular formula is C7H10Cl3N3. The fourth-order valence-corrected chi connectivity index (χ4v) is 1.14. The van der Waals surface area contributed by atoms with Crippen LogP contribution >= 0.6 is 34.8 Å². The SMILES string of the molecule is CNC(C)c1cnc(C(Cl)(Cl)Cl)[nH]1. The fourth-order valence-electron chi connectivity index (χ4n) is 0.855. The first-order chi connectivity index (χ1) is 5.95. The topological polar surface area (TPSA) is 40.7 Å². The van der Waals surface area contributed by atoms with Gasteiger partial charge in [0, 0.05) is 6.04 Å². The van der Waals surface area contributed by atoms with E-state index in [4.69, 9.17) is 34.8 Å². The molecule has 1 aromatic rings. The Kier molecular flexibility index (Phi) is 3.46. The Morgan fingerprint density at radius 1 is 1.54 bits per heavy atom. The van der Waals surface area contributed by atoms with Crippen LogP contribution in [0.4, 0.5) is 0 Å². The maximum Gasteiger partial charge on any atom is 0.248 e. The lowest BCUT2D eigenvalue weighted by Crippen LogP contribution is -2.13. The van der Waals surface area contributed by atoms with Crippen LogP contribution in [0, 0.1) is 0 Å². The molecule has 1 rings (SSSR count). The van der Waals surface area contributed by atoms with Crippen molar-refractivity contribution in [2.45, 2.75) is 16.8 Å². The normalized spacial score (nSPS) is 14.5. The standard InChI is InChI=1S/C7H10Cl3N3/c1-4(11-2)5-3-12-6(13-5)7(8,9)10/h3-4,11H,1-2H3,(H,12,13). The van der Waals surface area contributed by atoms with Crippen molar-refractivity contribution in [1.82, 2.24) is 15.3 Å². The summed E-state index contributed by atoms with van der Waals surface area (Å²) in [6.45, 7) is 1.98. The van der Waals surface area contributed by atoms with E-state index in [1.54, 1.807) is 6.20 Å². The Hall–Kier alpha value is 0.0400. The van der Waals surface area contributed by atoms with Gasteiger partial charge in [0.1, 0.15) is 0 Å². The van der Waals surface area contributed by atoms with E-state index in [0.717, 1.165) is 5.69 Å². The van der Waals surface area contributed by atoms with Crippen LogP contribution in [-0.2, 0) is 3.79 Å². The van der Waals surface area contributed by atoms with Gasteiger partial charge in [-0.1, -0.05) is 34.8 Å². The maximum atomic E-state index is 5.64. The molecule has 1 aromatic heterocycles. The molecule has 1 unspecified atom stereocenters. The number of H-pyrrole nitrogens is 1. The van der Waals surface area contributed by atoms with Gasteiger partial charge >= 0.3 is 0 Å². The zero-order chi connectivity index (χ0) is 10.1. The summed E-state index contributed by atoms with van der Waals surface area (Å²) < 4.78 is -1.48. The van der Waals surface area contributed by atoms with Crippen LogP contribution in [0.25, 0.3) is 0 Å². The maximum absolute atomic E-state index is 5.64. The van der Waals surface area contributed by atoms with Gasteiger partial charge in [-0.15, -0.1) is 0 Å². The van der Waals surface area contributed by atoms with E-state index in [9.17, 15) is 0 Å². The molecule has 0 saturated carbocycles. The van der Waals surface area contributed by atoms with Crippen LogP contribution < -0.4 is 5.32 Å². The highest BCUT2D eigenvalue weighted by atomic mass is 35.6. The first-order valence-electron chi connectivity index (χ1n) is 3.74. The quantitative estimate of drug-likeness (QED) is 0.783. The molecule has 13 heavy (non-hydrogen) atoms. The third-order valence-corrected chi connectivity index (χ3v) is 2.30. The number of hydrogen-bond donors (Lipinski definition) is 2. The predicted molar refractivity (Wildman–Crippen MR) is 55.3 cm³/mol. The van der Waals surface area contributed by atoms with Gasteiger partial charge in [-0.3, -0.25) is 0 Å². The zero-order valence-corrected chi connectivity index (χ0v) is 9.50. The van der Waals surface area contributed by atoms with Crippen molar-refractivity contribution in [3.05, 3.63) is 17.7 Å². The van der Waals surface area contributed by atoms with Crippen LogP contribution in [0.2, 0.25) is 0 Å².